The number of benzene rings is 1. The average molecular weight is 309 g/mol. The monoisotopic (exact) mass is 309 g/mol. The molecule has 0 saturated carbocycles. The molecule has 0 amide bonds. The molecule has 1 aromatic rings. The van der Waals surface area contributed by atoms with Crippen LogP contribution in [0.1, 0.15) is 43.9 Å². The van der Waals surface area contributed by atoms with Crippen LogP contribution in [-0.4, -0.2) is 31.1 Å². The molecule has 1 unspecified atom stereocenters. The quantitative estimate of drug-likeness (QED) is 0.529. The molecule has 0 fully saturated rings. The van der Waals surface area contributed by atoms with Crippen LogP contribution in [0.25, 0.3) is 0 Å². The van der Waals surface area contributed by atoms with Gasteiger partial charge in [-0.25, -0.2) is 0 Å². The third-order valence-corrected chi connectivity index (χ3v) is 4.40. The van der Waals surface area contributed by atoms with Crippen molar-refractivity contribution >= 4 is 17.7 Å². The lowest BCUT2D eigenvalue weighted by atomic mass is 10.0. The maximum atomic E-state index is 11.1. The summed E-state index contributed by atoms with van der Waals surface area (Å²) in [5.41, 5.74) is 2.72. The summed E-state index contributed by atoms with van der Waals surface area (Å²) in [6.45, 7) is 5.27. The molecule has 0 bridgehead atoms. The van der Waals surface area contributed by atoms with E-state index < -0.39 is 0 Å². The number of ether oxygens (including phenoxy) is 1. The Bertz CT molecular complexity index is 406. The number of aryl methyl sites for hydroxylation is 1. The number of esters is 1. The molecule has 0 aliphatic carbocycles. The molecule has 0 radical (unpaired) electrons. The number of methoxy groups -OCH3 is 1. The minimum absolute atomic E-state index is 0.133. The van der Waals surface area contributed by atoms with Gasteiger partial charge in [-0.05, 0) is 24.1 Å². The van der Waals surface area contributed by atoms with Gasteiger partial charge in [0, 0.05) is 17.5 Å². The van der Waals surface area contributed by atoms with Gasteiger partial charge < -0.3 is 10.1 Å². The van der Waals surface area contributed by atoms with Crippen LogP contribution >= 0.6 is 11.8 Å². The normalized spacial score (nSPS) is 12.1. The van der Waals surface area contributed by atoms with Crippen LogP contribution in [0.5, 0.6) is 0 Å². The van der Waals surface area contributed by atoms with E-state index in [1.807, 2.05) is 0 Å². The fraction of sp³-hybridized carbons (Fsp3) is 0.588. The van der Waals surface area contributed by atoms with Crippen LogP contribution in [0.15, 0.2) is 24.3 Å². The standard InChI is InChI=1S/C17H27NO2S/c1-4-6-14-7-9-15(10-8-14)16(18-5-2)13-21-12-11-17(19)20-3/h7-10,16,18H,4-6,11-13H2,1-3H3. The third-order valence-electron chi connectivity index (χ3n) is 3.33. The minimum Gasteiger partial charge on any atom is -0.469 e. The lowest BCUT2D eigenvalue weighted by Crippen LogP contribution is -2.23. The van der Waals surface area contributed by atoms with Gasteiger partial charge in [-0.3, -0.25) is 4.79 Å². The van der Waals surface area contributed by atoms with E-state index in [-0.39, 0.29) is 5.97 Å². The maximum Gasteiger partial charge on any atom is 0.306 e. The fourth-order valence-electron chi connectivity index (χ4n) is 2.18. The Morgan fingerprint density at radius 3 is 2.57 bits per heavy atom. The molecular weight excluding hydrogens is 282 g/mol. The number of thioether (sulfide) groups is 1. The molecule has 1 rings (SSSR count). The summed E-state index contributed by atoms with van der Waals surface area (Å²) in [4.78, 5) is 11.1. The van der Waals surface area contributed by atoms with Gasteiger partial charge in [0.1, 0.15) is 0 Å². The summed E-state index contributed by atoms with van der Waals surface area (Å²) in [7, 11) is 1.44. The van der Waals surface area contributed by atoms with Gasteiger partial charge in [0.05, 0.1) is 13.5 Å². The van der Waals surface area contributed by atoms with Crippen LogP contribution in [0.3, 0.4) is 0 Å². The lowest BCUT2D eigenvalue weighted by molar-refractivity contribution is -0.140. The third kappa shape index (κ3) is 7.00. The molecule has 0 aliphatic heterocycles. The molecule has 118 valence electrons. The minimum atomic E-state index is -0.133. The van der Waals surface area contributed by atoms with Crippen molar-refractivity contribution in [2.75, 3.05) is 25.2 Å². The second kappa shape index (κ2) is 10.7. The number of hydrogen-bond donors (Lipinski definition) is 1. The average Bonchev–Trinajstić information content (AvgIpc) is 2.51. The van der Waals surface area contributed by atoms with Crippen LogP contribution in [0.4, 0.5) is 0 Å². The van der Waals surface area contributed by atoms with Gasteiger partial charge in [-0.1, -0.05) is 44.5 Å². The van der Waals surface area contributed by atoms with Crippen molar-refractivity contribution in [1.29, 1.82) is 0 Å². The van der Waals surface area contributed by atoms with E-state index >= 15 is 0 Å². The zero-order chi connectivity index (χ0) is 15.5. The number of hydrogen-bond acceptors (Lipinski definition) is 4. The Hall–Kier alpha value is -1.00. The van der Waals surface area contributed by atoms with Gasteiger partial charge >= 0.3 is 5.97 Å². The molecular formula is C17H27NO2S. The van der Waals surface area contributed by atoms with Gasteiger partial charge in [0.25, 0.3) is 0 Å². The smallest absolute Gasteiger partial charge is 0.306 e. The summed E-state index contributed by atoms with van der Waals surface area (Å²) >= 11 is 1.79. The Kier molecular flexibility index (Phi) is 9.19. The molecule has 0 spiro atoms. The first-order valence-electron chi connectivity index (χ1n) is 7.68. The van der Waals surface area contributed by atoms with Crippen molar-refractivity contribution in [2.24, 2.45) is 0 Å². The van der Waals surface area contributed by atoms with E-state index in [0.717, 1.165) is 24.5 Å². The maximum absolute atomic E-state index is 11.1. The largest absolute Gasteiger partial charge is 0.469 e. The van der Waals surface area contributed by atoms with E-state index in [1.54, 1.807) is 11.8 Å². The highest BCUT2D eigenvalue weighted by molar-refractivity contribution is 7.99. The van der Waals surface area contributed by atoms with Gasteiger partial charge in [0.2, 0.25) is 0 Å². The molecule has 21 heavy (non-hydrogen) atoms. The molecule has 0 aromatic heterocycles. The Labute approximate surface area is 132 Å². The van der Waals surface area contributed by atoms with Crippen molar-refractivity contribution in [2.45, 2.75) is 39.2 Å². The predicted octanol–water partition coefficient (Wildman–Crippen LogP) is 3.59. The Morgan fingerprint density at radius 1 is 1.29 bits per heavy atom. The van der Waals surface area contributed by atoms with E-state index in [0.29, 0.717) is 12.5 Å². The summed E-state index contributed by atoms with van der Waals surface area (Å²) in [6.07, 6.45) is 2.80. The van der Waals surface area contributed by atoms with Crippen LogP contribution in [0, 0.1) is 0 Å². The first kappa shape index (κ1) is 18.1. The lowest BCUT2D eigenvalue weighted by Gasteiger charge is -2.18. The summed E-state index contributed by atoms with van der Waals surface area (Å²) < 4.78 is 4.66. The van der Waals surface area contributed by atoms with Gasteiger partial charge in [-0.2, -0.15) is 11.8 Å². The number of carbonyl (C=O) groups is 1. The van der Waals surface area contributed by atoms with E-state index in [1.165, 1.54) is 24.7 Å². The molecule has 0 aliphatic rings. The van der Waals surface area contributed by atoms with Crippen molar-refractivity contribution in [3.8, 4) is 0 Å². The molecule has 1 atom stereocenters. The van der Waals surface area contributed by atoms with Gasteiger partial charge in [0.15, 0.2) is 0 Å². The van der Waals surface area contributed by atoms with E-state index in [4.69, 9.17) is 0 Å². The zero-order valence-corrected chi connectivity index (χ0v) is 14.2. The Morgan fingerprint density at radius 2 is 2.00 bits per heavy atom. The number of carbonyl (C=O) groups excluding carboxylic acids is 1. The molecule has 4 heteroatoms. The zero-order valence-electron chi connectivity index (χ0n) is 13.4. The van der Waals surface area contributed by atoms with Crippen molar-refractivity contribution < 1.29 is 9.53 Å². The number of rotatable bonds is 10. The second-order valence-electron chi connectivity index (χ2n) is 5.00. The molecule has 0 saturated heterocycles. The number of nitrogens with one attached hydrogen (secondary N) is 1. The van der Waals surface area contributed by atoms with Crippen LogP contribution in [-0.2, 0) is 16.0 Å². The second-order valence-corrected chi connectivity index (χ2v) is 6.15. The van der Waals surface area contributed by atoms with Crippen LogP contribution in [0.2, 0.25) is 0 Å². The van der Waals surface area contributed by atoms with Crippen molar-refractivity contribution in [3.63, 3.8) is 0 Å². The van der Waals surface area contributed by atoms with E-state index in [9.17, 15) is 4.79 Å². The first-order valence-corrected chi connectivity index (χ1v) is 8.83. The highest BCUT2D eigenvalue weighted by atomic mass is 32.2. The van der Waals surface area contributed by atoms with Crippen molar-refractivity contribution in [3.05, 3.63) is 35.4 Å². The highest BCUT2D eigenvalue weighted by Gasteiger charge is 2.11. The SMILES string of the molecule is CCCc1ccc(C(CSCCC(=O)OC)NCC)cc1. The molecule has 1 N–H and O–H groups in total. The summed E-state index contributed by atoms with van der Waals surface area (Å²) in [6, 6.07) is 9.23. The molecule has 1 aromatic carbocycles. The fourth-order valence-corrected chi connectivity index (χ4v) is 3.21. The highest BCUT2D eigenvalue weighted by Crippen LogP contribution is 2.20. The first-order chi connectivity index (χ1) is 10.2. The van der Waals surface area contributed by atoms with Gasteiger partial charge in [-0.15, -0.1) is 0 Å². The Balaban J connectivity index is 2.49. The summed E-state index contributed by atoms with van der Waals surface area (Å²) in [5, 5.41) is 3.52. The van der Waals surface area contributed by atoms with E-state index in [2.05, 4.69) is 48.2 Å². The van der Waals surface area contributed by atoms with Crippen molar-refractivity contribution in [1.82, 2.24) is 5.32 Å². The van der Waals surface area contributed by atoms with Crippen LogP contribution < -0.4 is 5.32 Å². The molecule has 3 nitrogen and oxygen atoms in total. The topological polar surface area (TPSA) is 38.3 Å². The summed E-state index contributed by atoms with van der Waals surface area (Å²) in [5.74, 6) is 1.65. The predicted molar refractivity (Wildman–Crippen MR) is 90.8 cm³/mol. The molecule has 0 heterocycles.